The van der Waals surface area contributed by atoms with Crippen molar-refractivity contribution in [3.63, 3.8) is 0 Å². The lowest BCUT2D eigenvalue weighted by molar-refractivity contribution is 0.183. The van der Waals surface area contributed by atoms with E-state index in [0.717, 1.165) is 43.2 Å². The van der Waals surface area contributed by atoms with Crippen LogP contribution in [0.25, 0.3) is 0 Å². The molecule has 1 heterocycles. The fraction of sp³-hybridized carbons (Fsp3) is 0.520. The molecule has 0 aromatic heterocycles. The summed E-state index contributed by atoms with van der Waals surface area (Å²) < 4.78 is 5.98. The molecule has 0 atom stereocenters. The zero-order chi connectivity index (χ0) is 20.3. The van der Waals surface area contributed by atoms with Crippen molar-refractivity contribution in [2.75, 3.05) is 37.7 Å². The van der Waals surface area contributed by atoms with Crippen molar-refractivity contribution in [1.82, 2.24) is 4.90 Å². The number of benzene rings is 2. The maximum atomic E-state index is 9.63. The highest BCUT2D eigenvalue weighted by molar-refractivity contribution is 5.64. The Morgan fingerprint density at radius 1 is 0.862 bits per heavy atom. The van der Waals surface area contributed by atoms with E-state index in [-0.39, 0.29) is 0 Å². The Hall–Kier alpha value is -2.20. The Balaban J connectivity index is 1.58. The van der Waals surface area contributed by atoms with Gasteiger partial charge in [0.1, 0.15) is 18.1 Å². The third-order valence-corrected chi connectivity index (χ3v) is 5.67. The summed E-state index contributed by atoms with van der Waals surface area (Å²) in [6.07, 6.45) is 8.91. The SMILES string of the molecule is CCCCCCN(c1ccc(O)cc1)c1ccc(OCCN2CCCCC2)cc1. The van der Waals surface area contributed by atoms with Gasteiger partial charge in [-0.05, 0) is 80.9 Å². The van der Waals surface area contributed by atoms with Crippen LogP contribution in [-0.4, -0.2) is 42.8 Å². The average molecular weight is 397 g/mol. The quantitative estimate of drug-likeness (QED) is 0.474. The number of phenolic OH excluding ortho intramolecular Hbond substituents is 1. The fourth-order valence-electron chi connectivity index (χ4n) is 3.93. The summed E-state index contributed by atoms with van der Waals surface area (Å²) in [6.45, 7) is 7.39. The minimum absolute atomic E-state index is 0.303. The number of phenols is 1. The summed E-state index contributed by atoms with van der Waals surface area (Å²) in [7, 11) is 0. The Morgan fingerprint density at radius 3 is 2.17 bits per heavy atom. The molecule has 4 nitrogen and oxygen atoms in total. The lowest BCUT2D eigenvalue weighted by Gasteiger charge is -2.26. The van der Waals surface area contributed by atoms with Gasteiger partial charge in [0.05, 0.1) is 0 Å². The molecule has 0 bridgehead atoms. The highest BCUT2D eigenvalue weighted by atomic mass is 16.5. The first-order chi connectivity index (χ1) is 14.3. The number of hydrogen-bond donors (Lipinski definition) is 1. The number of hydrogen-bond acceptors (Lipinski definition) is 4. The molecule has 4 heteroatoms. The van der Waals surface area contributed by atoms with E-state index in [1.807, 2.05) is 12.1 Å². The van der Waals surface area contributed by atoms with Crippen molar-refractivity contribution in [3.05, 3.63) is 48.5 Å². The highest BCUT2D eigenvalue weighted by Gasteiger charge is 2.11. The molecular weight excluding hydrogens is 360 g/mol. The first-order valence-corrected chi connectivity index (χ1v) is 11.3. The summed E-state index contributed by atoms with van der Waals surface area (Å²) in [5, 5.41) is 9.63. The van der Waals surface area contributed by atoms with E-state index in [9.17, 15) is 5.11 Å². The lowest BCUT2D eigenvalue weighted by Crippen LogP contribution is -2.33. The minimum atomic E-state index is 0.303. The van der Waals surface area contributed by atoms with Crippen LogP contribution in [0.15, 0.2) is 48.5 Å². The molecule has 0 spiro atoms. The molecule has 2 aromatic carbocycles. The van der Waals surface area contributed by atoms with E-state index in [1.54, 1.807) is 12.1 Å². The second kappa shape index (κ2) is 11.7. The van der Waals surface area contributed by atoms with Gasteiger partial charge in [-0.25, -0.2) is 0 Å². The van der Waals surface area contributed by atoms with Crippen LogP contribution in [0.2, 0.25) is 0 Å². The van der Waals surface area contributed by atoms with Crippen LogP contribution >= 0.6 is 0 Å². The number of ether oxygens (including phenoxy) is 1. The molecule has 1 N–H and O–H groups in total. The number of aromatic hydroxyl groups is 1. The highest BCUT2D eigenvalue weighted by Crippen LogP contribution is 2.29. The largest absolute Gasteiger partial charge is 0.508 e. The smallest absolute Gasteiger partial charge is 0.119 e. The Kier molecular flexibility index (Phi) is 8.69. The van der Waals surface area contributed by atoms with E-state index >= 15 is 0 Å². The second-order valence-electron chi connectivity index (χ2n) is 7.97. The maximum absolute atomic E-state index is 9.63. The molecule has 29 heavy (non-hydrogen) atoms. The number of rotatable bonds is 11. The number of likely N-dealkylation sites (tertiary alicyclic amines) is 1. The van der Waals surface area contributed by atoms with Crippen molar-refractivity contribution >= 4 is 11.4 Å². The van der Waals surface area contributed by atoms with Gasteiger partial charge in [0.25, 0.3) is 0 Å². The van der Waals surface area contributed by atoms with Crippen LogP contribution in [-0.2, 0) is 0 Å². The molecule has 0 aliphatic carbocycles. The van der Waals surface area contributed by atoms with Crippen LogP contribution in [0.3, 0.4) is 0 Å². The van der Waals surface area contributed by atoms with Gasteiger partial charge in [0.2, 0.25) is 0 Å². The second-order valence-corrected chi connectivity index (χ2v) is 7.97. The first-order valence-electron chi connectivity index (χ1n) is 11.3. The number of piperidine rings is 1. The number of anilines is 2. The zero-order valence-corrected chi connectivity index (χ0v) is 17.9. The number of unbranched alkanes of at least 4 members (excludes halogenated alkanes) is 3. The van der Waals surface area contributed by atoms with Crippen LogP contribution < -0.4 is 9.64 Å². The molecule has 1 aliphatic rings. The van der Waals surface area contributed by atoms with Gasteiger partial charge < -0.3 is 14.7 Å². The van der Waals surface area contributed by atoms with Gasteiger partial charge in [-0.1, -0.05) is 32.6 Å². The predicted molar refractivity (Wildman–Crippen MR) is 121 cm³/mol. The van der Waals surface area contributed by atoms with E-state index in [0.29, 0.717) is 5.75 Å². The van der Waals surface area contributed by atoms with E-state index in [4.69, 9.17) is 4.74 Å². The van der Waals surface area contributed by atoms with Gasteiger partial charge in [-0.3, -0.25) is 4.90 Å². The van der Waals surface area contributed by atoms with Crippen LogP contribution in [0.1, 0.15) is 51.9 Å². The third kappa shape index (κ3) is 6.97. The molecule has 0 saturated carbocycles. The molecule has 1 fully saturated rings. The van der Waals surface area contributed by atoms with Crippen LogP contribution in [0.4, 0.5) is 11.4 Å². The van der Waals surface area contributed by atoms with Gasteiger partial charge in [0, 0.05) is 24.5 Å². The molecule has 0 amide bonds. The molecule has 0 unspecified atom stereocenters. The number of nitrogens with zero attached hydrogens (tertiary/aromatic N) is 2. The molecule has 3 rings (SSSR count). The fourth-order valence-corrected chi connectivity index (χ4v) is 3.93. The van der Waals surface area contributed by atoms with Gasteiger partial charge in [0.15, 0.2) is 0 Å². The van der Waals surface area contributed by atoms with Crippen molar-refractivity contribution < 1.29 is 9.84 Å². The maximum Gasteiger partial charge on any atom is 0.119 e. The molecular formula is C25H36N2O2. The standard InChI is InChI=1S/C25H36N2O2/c1-2-3-4-8-19-27(22-9-13-24(28)14-10-22)23-11-15-25(16-12-23)29-21-20-26-17-6-5-7-18-26/h9-16,28H,2-8,17-21H2,1H3. The molecule has 1 saturated heterocycles. The van der Waals surface area contributed by atoms with Crippen LogP contribution in [0.5, 0.6) is 11.5 Å². The summed E-state index contributed by atoms with van der Waals surface area (Å²) in [6, 6.07) is 15.9. The van der Waals surface area contributed by atoms with E-state index in [1.165, 1.54) is 51.6 Å². The Bertz CT molecular complexity index is 694. The molecule has 0 radical (unpaired) electrons. The zero-order valence-electron chi connectivity index (χ0n) is 17.9. The monoisotopic (exact) mass is 396 g/mol. The van der Waals surface area contributed by atoms with Gasteiger partial charge >= 0.3 is 0 Å². The Morgan fingerprint density at radius 2 is 1.52 bits per heavy atom. The summed E-state index contributed by atoms with van der Waals surface area (Å²) in [5.41, 5.74) is 2.27. The minimum Gasteiger partial charge on any atom is -0.508 e. The molecule has 158 valence electrons. The third-order valence-electron chi connectivity index (χ3n) is 5.67. The van der Waals surface area contributed by atoms with Crippen molar-refractivity contribution in [2.24, 2.45) is 0 Å². The van der Waals surface area contributed by atoms with Gasteiger partial charge in [-0.15, -0.1) is 0 Å². The first kappa shape index (κ1) is 21.5. The summed E-state index contributed by atoms with van der Waals surface area (Å²) in [5.74, 6) is 1.24. The van der Waals surface area contributed by atoms with E-state index in [2.05, 4.69) is 41.0 Å². The lowest BCUT2D eigenvalue weighted by atomic mass is 10.1. The van der Waals surface area contributed by atoms with Crippen LogP contribution in [0, 0.1) is 0 Å². The van der Waals surface area contributed by atoms with Crippen molar-refractivity contribution in [1.29, 1.82) is 0 Å². The molecule has 1 aliphatic heterocycles. The summed E-state index contributed by atoms with van der Waals surface area (Å²) in [4.78, 5) is 4.83. The summed E-state index contributed by atoms with van der Waals surface area (Å²) >= 11 is 0. The average Bonchev–Trinajstić information content (AvgIpc) is 2.76. The normalized spacial score (nSPS) is 14.7. The predicted octanol–water partition coefficient (Wildman–Crippen LogP) is 5.98. The molecule has 2 aromatic rings. The van der Waals surface area contributed by atoms with Crippen molar-refractivity contribution in [2.45, 2.75) is 51.9 Å². The Labute approximate surface area is 176 Å². The van der Waals surface area contributed by atoms with Gasteiger partial charge in [-0.2, -0.15) is 0 Å². The topological polar surface area (TPSA) is 35.9 Å². The van der Waals surface area contributed by atoms with Crippen molar-refractivity contribution in [3.8, 4) is 11.5 Å². The van der Waals surface area contributed by atoms with E-state index < -0.39 is 0 Å².